The molecule has 1 aliphatic carbocycles. The van der Waals surface area contributed by atoms with E-state index in [0.717, 1.165) is 18.4 Å². The lowest BCUT2D eigenvalue weighted by atomic mass is 9.89. The molecular formula is C17H22N6OS. The van der Waals surface area contributed by atoms with Crippen molar-refractivity contribution in [3.63, 3.8) is 0 Å². The first kappa shape index (κ1) is 17.5. The van der Waals surface area contributed by atoms with Gasteiger partial charge in [-0.25, -0.2) is 0 Å². The second kappa shape index (κ2) is 7.69. The number of aryl methyl sites for hydroxylation is 2. The number of nitrogens with two attached hydrogens (primary N) is 2. The summed E-state index contributed by atoms with van der Waals surface area (Å²) in [7, 11) is 0. The molecule has 1 aromatic heterocycles. The Balaban J connectivity index is 1.57. The van der Waals surface area contributed by atoms with E-state index in [1.807, 2.05) is 6.92 Å². The van der Waals surface area contributed by atoms with E-state index >= 15 is 0 Å². The third-order valence-corrected chi connectivity index (χ3v) is 5.08. The van der Waals surface area contributed by atoms with Gasteiger partial charge in [0.25, 0.3) is 0 Å². The number of nitrogens with zero attached hydrogens (tertiary/aromatic N) is 3. The number of hydrogen-bond acceptors (Lipinski definition) is 7. The molecule has 1 aromatic carbocycles. The fourth-order valence-corrected chi connectivity index (χ4v) is 3.63. The molecule has 0 saturated carbocycles. The number of anilines is 2. The molecule has 1 aliphatic rings. The number of nitrogen functional groups attached to an aromatic ring is 2. The summed E-state index contributed by atoms with van der Waals surface area (Å²) in [6, 6.07) is 6.47. The fraction of sp³-hybridized carbons (Fsp3) is 0.412. The lowest BCUT2D eigenvalue weighted by Crippen LogP contribution is -2.28. The van der Waals surface area contributed by atoms with E-state index < -0.39 is 0 Å². The van der Waals surface area contributed by atoms with E-state index in [1.165, 1.54) is 35.7 Å². The Labute approximate surface area is 151 Å². The number of carbonyl (C=O) groups is 1. The zero-order valence-electron chi connectivity index (χ0n) is 14.2. The van der Waals surface area contributed by atoms with Crippen LogP contribution in [0.1, 0.15) is 42.5 Å². The molecule has 1 atom stereocenters. The van der Waals surface area contributed by atoms with Crippen LogP contribution >= 0.6 is 11.8 Å². The van der Waals surface area contributed by atoms with Crippen molar-refractivity contribution in [1.82, 2.24) is 20.3 Å². The topological polar surface area (TPSA) is 120 Å². The number of rotatable bonds is 5. The van der Waals surface area contributed by atoms with E-state index in [2.05, 4.69) is 38.5 Å². The maximum atomic E-state index is 12.2. The van der Waals surface area contributed by atoms with Gasteiger partial charge < -0.3 is 16.8 Å². The monoisotopic (exact) mass is 358 g/mol. The quantitative estimate of drug-likeness (QED) is 0.698. The summed E-state index contributed by atoms with van der Waals surface area (Å²) in [6.45, 7) is 1.99. The first-order valence-corrected chi connectivity index (χ1v) is 9.30. The summed E-state index contributed by atoms with van der Waals surface area (Å²) in [6.07, 6.45) is 4.79. The number of amides is 1. The summed E-state index contributed by atoms with van der Waals surface area (Å²) in [5, 5.41) is 3.36. The average Bonchev–Trinajstić information content (AvgIpc) is 2.58. The molecule has 0 fully saturated rings. The van der Waals surface area contributed by atoms with Crippen molar-refractivity contribution >= 4 is 29.6 Å². The number of benzene rings is 1. The molecule has 7 nitrogen and oxygen atoms in total. The van der Waals surface area contributed by atoms with E-state index in [4.69, 9.17) is 11.5 Å². The van der Waals surface area contributed by atoms with Crippen LogP contribution in [-0.4, -0.2) is 26.6 Å². The van der Waals surface area contributed by atoms with Gasteiger partial charge in [-0.15, -0.1) is 0 Å². The van der Waals surface area contributed by atoms with Gasteiger partial charge in [-0.05, 0) is 49.3 Å². The van der Waals surface area contributed by atoms with Gasteiger partial charge in [0.2, 0.25) is 17.8 Å². The molecule has 25 heavy (non-hydrogen) atoms. The van der Waals surface area contributed by atoms with Crippen LogP contribution in [0.4, 0.5) is 11.9 Å². The van der Waals surface area contributed by atoms with Crippen molar-refractivity contribution in [2.24, 2.45) is 0 Å². The fourth-order valence-electron chi connectivity index (χ4n) is 2.97. The van der Waals surface area contributed by atoms with Crippen molar-refractivity contribution in [1.29, 1.82) is 0 Å². The summed E-state index contributed by atoms with van der Waals surface area (Å²) < 4.78 is 0. The lowest BCUT2D eigenvalue weighted by molar-refractivity contribution is -0.119. The number of thioether (sulfide) groups is 1. The van der Waals surface area contributed by atoms with Gasteiger partial charge in [0.1, 0.15) is 0 Å². The Hall–Kier alpha value is -2.35. The predicted octanol–water partition coefficient (Wildman–Crippen LogP) is 1.88. The maximum absolute atomic E-state index is 12.2. The van der Waals surface area contributed by atoms with Gasteiger partial charge in [-0.3, -0.25) is 4.79 Å². The van der Waals surface area contributed by atoms with Crippen molar-refractivity contribution in [2.45, 2.75) is 43.8 Å². The Morgan fingerprint density at radius 3 is 2.56 bits per heavy atom. The highest BCUT2D eigenvalue weighted by Crippen LogP contribution is 2.25. The van der Waals surface area contributed by atoms with Gasteiger partial charge in [0.15, 0.2) is 5.16 Å². The normalized spacial score (nSPS) is 14.6. The molecule has 5 N–H and O–H groups in total. The molecule has 0 radical (unpaired) electrons. The number of hydrogen-bond donors (Lipinski definition) is 3. The van der Waals surface area contributed by atoms with Crippen LogP contribution < -0.4 is 16.8 Å². The second-order valence-electron chi connectivity index (χ2n) is 6.15. The zero-order chi connectivity index (χ0) is 17.8. The highest BCUT2D eigenvalue weighted by atomic mass is 32.2. The minimum atomic E-state index is -0.0900. The van der Waals surface area contributed by atoms with Gasteiger partial charge in [0.05, 0.1) is 11.8 Å². The third-order valence-electron chi connectivity index (χ3n) is 4.23. The highest BCUT2D eigenvalue weighted by molar-refractivity contribution is 7.99. The molecule has 8 heteroatoms. The SMILES string of the molecule is C[C@H](NC(=O)CSc1nc(N)nc(N)n1)c1ccc2c(c1)CCCC2. The van der Waals surface area contributed by atoms with Gasteiger partial charge in [0, 0.05) is 0 Å². The molecule has 0 aliphatic heterocycles. The molecule has 1 heterocycles. The number of nitrogens with one attached hydrogen (secondary N) is 1. The Morgan fingerprint density at radius 2 is 1.84 bits per heavy atom. The van der Waals surface area contributed by atoms with E-state index in [1.54, 1.807) is 0 Å². The molecule has 1 amide bonds. The Bertz CT molecular complexity index is 761. The summed E-state index contributed by atoms with van der Waals surface area (Å²) in [5.74, 6) is 0.210. The van der Waals surface area contributed by atoms with Crippen molar-refractivity contribution in [3.8, 4) is 0 Å². The largest absolute Gasteiger partial charge is 0.368 e. The molecule has 0 unspecified atom stereocenters. The smallest absolute Gasteiger partial charge is 0.230 e. The van der Waals surface area contributed by atoms with Crippen molar-refractivity contribution in [2.75, 3.05) is 17.2 Å². The van der Waals surface area contributed by atoms with Crippen LogP contribution in [0, 0.1) is 0 Å². The minimum absolute atomic E-state index is 0.0474. The van der Waals surface area contributed by atoms with Crippen LogP contribution in [0.25, 0.3) is 0 Å². The lowest BCUT2D eigenvalue weighted by Gasteiger charge is -2.20. The minimum Gasteiger partial charge on any atom is -0.368 e. The third kappa shape index (κ3) is 4.60. The average molecular weight is 358 g/mol. The number of aromatic nitrogens is 3. The zero-order valence-corrected chi connectivity index (χ0v) is 15.0. The predicted molar refractivity (Wildman–Crippen MR) is 99.0 cm³/mol. The standard InChI is InChI=1S/C17H22N6OS/c1-10(12-7-6-11-4-2-3-5-13(11)8-12)20-14(24)9-25-17-22-15(18)21-16(19)23-17/h6-8,10H,2-5,9H2,1H3,(H,20,24)(H4,18,19,21,22,23)/t10-/m0/s1. The highest BCUT2D eigenvalue weighted by Gasteiger charge is 2.15. The van der Waals surface area contributed by atoms with Crippen molar-refractivity contribution < 1.29 is 4.79 Å². The maximum Gasteiger partial charge on any atom is 0.230 e. The van der Waals surface area contributed by atoms with Crippen LogP contribution in [-0.2, 0) is 17.6 Å². The summed E-state index contributed by atoms with van der Waals surface area (Å²) in [5.41, 5.74) is 15.0. The summed E-state index contributed by atoms with van der Waals surface area (Å²) in [4.78, 5) is 23.8. The second-order valence-corrected chi connectivity index (χ2v) is 7.09. The molecule has 0 spiro atoms. The van der Waals surface area contributed by atoms with E-state index in [9.17, 15) is 4.79 Å². The number of fused-ring (bicyclic) bond motifs is 1. The van der Waals surface area contributed by atoms with Crippen LogP contribution in [0.2, 0.25) is 0 Å². The Morgan fingerprint density at radius 1 is 1.16 bits per heavy atom. The van der Waals surface area contributed by atoms with Crippen molar-refractivity contribution in [3.05, 3.63) is 34.9 Å². The number of carbonyl (C=O) groups excluding carboxylic acids is 1. The molecule has 132 valence electrons. The van der Waals surface area contributed by atoms with E-state index in [-0.39, 0.29) is 29.6 Å². The molecular weight excluding hydrogens is 336 g/mol. The van der Waals surface area contributed by atoms with Crippen LogP contribution in [0.5, 0.6) is 0 Å². The Kier molecular flexibility index (Phi) is 5.37. The summed E-state index contributed by atoms with van der Waals surface area (Å²) >= 11 is 1.18. The molecule has 3 rings (SSSR count). The first-order chi connectivity index (χ1) is 12.0. The molecule has 2 aromatic rings. The first-order valence-electron chi connectivity index (χ1n) is 8.32. The molecule has 0 bridgehead atoms. The van der Waals surface area contributed by atoms with Gasteiger partial charge in [-0.1, -0.05) is 30.0 Å². The van der Waals surface area contributed by atoms with E-state index in [0.29, 0.717) is 5.16 Å². The van der Waals surface area contributed by atoms with Crippen LogP contribution in [0.3, 0.4) is 0 Å². The van der Waals surface area contributed by atoms with Crippen LogP contribution in [0.15, 0.2) is 23.4 Å². The molecule has 0 saturated heterocycles. The van der Waals surface area contributed by atoms with Gasteiger partial charge in [-0.2, -0.15) is 15.0 Å². The van der Waals surface area contributed by atoms with Gasteiger partial charge >= 0.3 is 0 Å².